The third-order valence-corrected chi connectivity index (χ3v) is 2.46. The standard InChI is InChI=1S/C9H17NO/c1-4-10-6-8(11)5-9(10)7(2)3/h7,9H,4-6H2,1-3H3. The van der Waals surface area contributed by atoms with Crippen molar-refractivity contribution in [2.45, 2.75) is 33.2 Å². The van der Waals surface area contributed by atoms with Gasteiger partial charge in [0, 0.05) is 12.5 Å². The summed E-state index contributed by atoms with van der Waals surface area (Å²) in [7, 11) is 0. The van der Waals surface area contributed by atoms with Gasteiger partial charge in [-0.3, -0.25) is 9.69 Å². The number of rotatable bonds is 2. The maximum Gasteiger partial charge on any atom is 0.148 e. The lowest BCUT2D eigenvalue weighted by molar-refractivity contribution is -0.116. The SMILES string of the molecule is CCN1CC(=O)CC1C(C)C. The van der Waals surface area contributed by atoms with Crippen LogP contribution in [0, 0.1) is 5.92 Å². The van der Waals surface area contributed by atoms with E-state index in [1.807, 2.05) is 0 Å². The van der Waals surface area contributed by atoms with Gasteiger partial charge in [0.15, 0.2) is 0 Å². The monoisotopic (exact) mass is 155 g/mol. The van der Waals surface area contributed by atoms with Crippen LogP contribution < -0.4 is 0 Å². The lowest BCUT2D eigenvalue weighted by atomic mass is 10.0. The molecular formula is C9H17NO. The van der Waals surface area contributed by atoms with Gasteiger partial charge in [0.05, 0.1) is 6.54 Å². The van der Waals surface area contributed by atoms with E-state index in [9.17, 15) is 4.79 Å². The molecule has 1 heterocycles. The molecule has 0 aromatic carbocycles. The molecule has 0 aliphatic carbocycles. The van der Waals surface area contributed by atoms with Gasteiger partial charge in [0.25, 0.3) is 0 Å². The molecule has 0 radical (unpaired) electrons. The van der Waals surface area contributed by atoms with Gasteiger partial charge in [0.1, 0.15) is 5.78 Å². The third kappa shape index (κ3) is 1.80. The highest BCUT2D eigenvalue weighted by Crippen LogP contribution is 2.20. The average molecular weight is 155 g/mol. The van der Waals surface area contributed by atoms with E-state index in [4.69, 9.17) is 0 Å². The molecule has 0 saturated carbocycles. The molecule has 1 atom stereocenters. The van der Waals surface area contributed by atoms with Crippen LogP contribution in [0.1, 0.15) is 27.2 Å². The number of likely N-dealkylation sites (tertiary alicyclic amines) is 1. The Morgan fingerprint density at radius 3 is 2.64 bits per heavy atom. The Morgan fingerprint density at radius 1 is 1.64 bits per heavy atom. The molecule has 0 aromatic rings. The highest BCUT2D eigenvalue weighted by Gasteiger charge is 2.30. The zero-order valence-electron chi connectivity index (χ0n) is 7.63. The second-order valence-corrected chi connectivity index (χ2v) is 3.62. The van der Waals surface area contributed by atoms with Gasteiger partial charge < -0.3 is 0 Å². The number of nitrogens with zero attached hydrogens (tertiary/aromatic N) is 1. The molecule has 0 amide bonds. The second kappa shape index (κ2) is 3.35. The Morgan fingerprint density at radius 2 is 2.27 bits per heavy atom. The van der Waals surface area contributed by atoms with Crippen molar-refractivity contribution < 1.29 is 4.79 Å². The summed E-state index contributed by atoms with van der Waals surface area (Å²) >= 11 is 0. The first-order valence-electron chi connectivity index (χ1n) is 4.41. The maximum absolute atomic E-state index is 11.1. The van der Waals surface area contributed by atoms with E-state index in [0.29, 0.717) is 24.3 Å². The molecule has 0 spiro atoms. The lowest BCUT2D eigenvalue weighted by Gasteiger charge is -2.24. The number of ketones is 1. The van der Waals surface area contributed by atoms with Crippen molar-refractivity contribution in [1.29, 1.82) is 0 Å². The van der Waals surface area contributed by atoms with Gasteiger partial charge in [-0.1, -0.05) is 20.8 Å². The van der Waals surface area contributed by atoms with E-state index >= 15 is 0 Å². The fraction of sp³-hybridized carbons (Fsp3) is 0.889. The molecule has 0 aromatic heterocycles. The number of carbonyl (C=O) groups is 1. The van der Waals surface area contributed by atoms with E-state index in [1.54, 1.807) is 0 Å². The Hall–Kier alpha value is -0.370. The molecule has 64 valence electrons. The summed E-state index contributed by atoms with van der Waals surface area (Å²) < 4.78 is 0. The Bertz CT molecular complexity index is 154. The quantitative estimate of drug-likeness (QED) is 0.599. The second-order valence-electron chi connectivity index (χ2n) is 3.62. The van der Waals surface area contributed by atoms with Gasteiger partial charge in [0.2, 0.25) is 0 Å². The van der Waals surface area contributed by atoms with Gasteiger partial charge in [-0.25, -0.2) is 0 Å². The van der Waals surface area contributed by atoms with Crippen LogP contribution in [-0.4, -0.2) is 29.8 Å². The summed E-state index contributed by atoms with van der Waals surface area (Å²) in [6, 6.07) is 0.507. The molecule has 11 heavy (non-hydrogen) atoms. The summed E-state index contributed by atoms with van der Waals surface area (Å²) in [4.78, 5) is 13.4. The van der Waals surface area contributed by atoms with E-state index in [1.165, 1.54) is 0 Å². The molecule has 1 aliphatic rings. The first kappa shape index (κ1) is 8.72. The molecule has 2 heteroatoms. The summed E-state index contributed by atoms with van der Waals surface area (Å²) in [5.74, 6) is 1.02. The van der Waals surface area contributed by atoms with E-state index in [-0.39, 0.29) is 0 Å². The summed E-state index contributed by atoms with van der Waals surface area (Å²) in [6.45, 7) is 8.18. The van der Waals surface area contributed by atoms with Crippen LogP contribution in [0.4, 0.5) is 0 Å². The number of likely N-dealkylation sites (N-methyl/N-ethyl adjacent to an activating group) is 1. The molecule has 0 bridgehead atoms. The van der Waals surface area contributed by atoms with E-state index in [2.05, 4.69) is 25.7 Å². The van der Waals surface area contributed by atoms with Crippen LogP contribution in [0.3, 0.4) is 0 Å². The Balaban J connectivity index is 2.57. The molecule has 0 N–H and O–H groups in total. The van der Waals surface area contributed by atoms with E-state index < -0.39 is 0 Å². The minimum atomic E-state index is 0.408. The molecule has 2 nitrogen and oxygen atoms in total. The summed E-state index contributed by atoms with van der Waals surface area (Å²) in [5, 5.41) is 0. The van der Waals surface area contributed by atoms with Crippen LogP contribution in [0.5, 0.6) is 0 Å². The largest absolute Gasteiger partial charge is 0.298 e. The van der Waals surface area contributed by atoms with Crippen LogP contribution in [0.25, 0.3) is 0 Å². The topological polar surface area (TPSA) is 20.3 Å². The normalized spacial score (nSPS) is 26.9. The molecule has 1 fully saturated rings. The van der Waals surface area contributed by atoms with Gasteiger partial charge in [-0.05, 0) is 12.5 Å². The van der Waals surface area contributed by atoms with Crippen molar-refractivity contribution in [2.75, 3.05) is 13.1 Å². The van der Waals surface area contributed by atoms with Gasteiger partial charge in [-0.15, -0.1) is 0 Å². The summed E-state index contributed by atoms with van der Waals surface area (Å²) in [5.41, 5.74) is 0. The Kier molecular flexibility index (Phi) is 2.66. The number of Topliss-reactive ketones (excluding diaryl/α,β-unsaturated/α-hetero) is 1. The average Bonchev–Trinajstić information content (AvgIpc) is 2.30. The zero-order chi connectivity index (χ0) is 8.43. The molecule has 1 unspecified atom stereocenters. The first-order valence-corrected chi connectivity index (χ1v) is 4.41. The van der Waals surface area contributed by atoms with Crippen molar-refractivity contribution >= 4 is 5.78 Å². The number of hydrogen-bond acceptors (Lipinski definition) is 2. The van der Waals surface area contributed by atoms with Crippen molar-refractivity contribution in [1.82, 2.24) is 4.90 Å². The minimum absolute atomic E-state index is 0.408. The third-order valence-electron chi connectivity index (χ3n) is 2.46. The van der Waals surface area contributed by atoms with Crippen LogP contribution in [0.2, 0.25) is 0 Å². The fourth-order valence-corrected chi connectivity index (χ4v) is 1.77. The van der Waals surface area contributed by atoms with E-state index in [0.717, 1.165) is 13.0 Å². The summed E-state index contributed by atoms with van der Waals surface area (Å²) in [6.07, 6.45) is 0.769. The van der Waals surface area contributed by atoms with Crippen LogP contribution in [0.15, 0.2) is 0 Å². The van der Waals surface area contributed by atoms with Crippen molar-refractivity contribution in [3.8, 4) is 0 Å². The maximum atomic E-state index is 11.1. The predicted molar refractivity (Wildman–Crippen MR) is 45.5 cm³/mol. The van der Waals surface area contributed by atoms with Crippen molar-refractivity contribution in [3.63, 3.8) is 0 Å². The zero-order valence-corrected chi connectivity index (χ0v) is 7.63. The highest BCUT2D eigenvalue weighted by molar-refractivity contribution is 5.83. The molecule has 1 saturated heterocycles. The highest BCUT2D eigenvalue weighted by atomic mass is 16.1. The van der Waals surface area contributed by atoms with Crippen LogP contribution >= 0.6 is 0 Å². The fourth-order valence-electron chi connectivity index (χ4n) is 1.77. The Labute approximate surface area is 68.6 Å². The van der Waals surface area contributed by atoms with Gasteiger partial charge in [-0.2, -0.15) is 0 Å². The van der Waals surface area contributed by atoms with Crippen molar-refractivity contribution in [2.24, 2.45) is 5.92 Å². The van der Waals surface area contributed by atoms with Crippen LogP contribution in [-0.2, 0) is 4.79 Å². The predicted octanol–water partition coefficient (Wildman–Crippen LogP) is 1.31. The molecular weight excluding hydrogens is 138 g/mol. The van der Waals surface area contributed by atoms with Crippen molar-refractivity contribution in [3.05, 3.63) is 0 Å². The first-order chi connectivity index (χ1) is 5.15. The number of carbonyl (C=O) groups excluding carboxylic acids is 1. The molecule has 1 aliphatic heterocycles. The number of hydrogen-bond donors (Lipinski definition) is 0. The smallest absolute Gasteiger partial charge is 0.148 e. The minimum Gasteiger partial charge on any atom is -0.298 e. The lowest BCUT2D eigenvalue weighted by Crippen LogP contribution is -2.33. The van der Waals surface area contributed by atoms with Gasteiger partial charge >= 0.3 is 0 Å². The molecule has 1 rings (SSSR count).